The maximum Gasteiger partial charge on any atom is 0.303 e. The molecule has 1 fully saturated rings. The number of hydrogen-bond donors (Lipinski definition) is 1. The lowest BCUT2D eigenvalue weighted by Crippen LogP contribution is -2.36. The van der Waals surface area contributed by atoms with Gasteiger partial charge in [0.15, 0.2) is 0 Å². The second-order valence-electron chi connectivity index (χ2n) is 5.78. The highest BCUT2D eigenvalue weighted by molar-refractivity contribution is 5.66. The number of rotatable bonds is 7. The van der Waals surface area contributed by atoms with Crippen LogP contribution < -0.4 is 0 Å². The smallest absolute Gasteiger partial charge is 0.303 e. The standard InChI is InChI=1S/C14H27NO2/c1-12(2)5-3-9-15-10-4-6-13(11-15)7-8-14(16)17/h12-13H,3-11H2,1-2H3,(H,16,17). The monoisotopic (exact) mass is 241 g/mol. The minimum Gasteiger partial charge on any atom is -0.481 e. The molecule has 1 unspecified atom stereocenters. The summed E-state index contributed by atoms with van der Waals surface area (Å²) in [6, 6.07) is 0. The van der Waals surface area contributed by atoms with E-state index in [9.17, 15) is 4.79 Å². The third-order valence-corrected chi connectivity index (χ3v) is 3.63. The normalized spacial score (nSPS) is 21.9. The highest BCUT2D eigenvalue weighted by Gasteiger charge is 2.19. The molecule has 0 radical (unpaired) electrons. The zero-order chi connectivity index (χ0) is 12.7. The molecule has 1 aliphatic heterocycles. The van der Waals surface area contributed by atoms with Crippen molar-refractivity contribution in [3.8, 4) is 0 Å². The summed E-state index contributed by atoms with van der Waals surface area (Å²) in [6.45, 7) is 8.06. The first kappa shape index (κ1) is 14.5. The topological polar surface area (TPSA) is 40.5 Å². The summed E-state index contributed by atoms with van der Waals surface area (Å²) in [7, 11) is 0. The van der Waals surface area contributed by atoms with Gasteiger partial charge in [0.25, 0.3) is 0 Å². The predicted octanol–water partition coefficient (Wildman–Crippen LogP) is 3.00. The lowest BCUT2D eigenvalue weighted by molar-refractivity contribution is -0.137. The number of nitrogens with zero attached hydrogens (tertiary/aromatic N) is 1. The molecule has 1 atom stereocenters. The Bertz CT molecular complexity index is 228. The number of carboxylic acids is 1. The van der Waals surface area contributed by atoms with Crippen LogP contribution >= 0.6 is 0 Å². The Morgan fingerprint density at radius 1 is 1.47 bits per heavy atom. The van der Waals surface area contributed by atoms with Gasteiger partial charge in [-0.3, -0.25) is 4.79 Å². The fraction of sp³-hybridized carbons (Fsp3) is 0.929. The molecular formula is C14H27NO2. The Balaban J connectivity index is 2.17. The van der Waals surface area contributed by atoms with E-state index in [1.54, 1.807) is 0 Å². The van der Waals surface area contributed by atoms with Crippen molar-refractivity contribution < 1.29 is 9.90 Å². The highest BCUT2D eigenvalue weighted by Crippen LogP contribution is 2.21. The fourth-order valence-electron chi connectivity index (χ4n) is 2.64. The lowest BCUT2D eigenvalue weighted by Gasteiger charge is -2.32. The van der Waals surface area contributed by atoms with E-state index < -0.39 is 5.97 Å². The predicted molar refractivity (Wildman–Crippen MR) is 70.1 cm³/mol. The first-order chi connectivity index (χ1) is 8.08. The van der Waals surface area contributed by atoms with Gasteiger partial charge in [0.2, 0.25) is 0 Å². The Morgan fingerprint density at radius 3 is 2.88 bits per heavy atom. The second-order valence-corrected chi connectivity index (χ2v) is 5.78. The summed E-state index contributed by atoms with van der Waals surface area (Å²) < 4.78 is 0. The third-order valence-electron chi connectivity index (χ3n) is 3.63. The Hall–Kier alpha value is -0.570. The van der Waals surface area contributed by atoms with Crippen molar-refractivity contribution in [3.63, 3.8) is 0 Å². The van der Waals surface area contributed by atoms with E-state index in [1.807, 2.05) is 0 Å². The van der Waals surface area contributed by atoms with Crippen LogP contribution in [0.1, 0.15) is 52.4 Å². The molecule has 1 heterocycles. The molecule has 0 aromatic rings. The average Bonchev–Trinajstić information content (AvgIpc) is 2.26. The van der Waals surface area contributed by atoms with Crippen LogP contribution in [0.15, 0.2) is 0 Å². The fourth-order valence-corrected chi connectivity index (χ4v) is 2.64. The molecule has 0 amide bonds. The van der Waals surface area contributed by atoms with Crippen molar-refractivity contribution in [2.24, 2.45) is 11.8 Å². The Morgan fingerprint density at radius 2 is 2.24 bits per heavy atom. The average molecular weight is 241 g/mol. The molecule has 0 spiro atoms. The molecule has 3 nitrogen and oxygen atoms in total. The van der Waals surface area contributed by atoms with E-state index in [1.165, 1.54) is 38.8 Å². The van der Waals surface area contributed by atoms with Crippen LogP contribution in [0.5, 0.6) is 0 Å². The third kappa shape index (κ3) is 6.67. The van der Waals surface area contributed by atoms with Crippen molar-refractivity contribution in [2.45, 2.75) is 52.4 Å². The number of carbonyl (C=O) groups is 1. The van der Waals surface area contributed by atoms with Crippen LogP contribution in [-0.2, 0) is 4.79 Å². The zero-order valence-corrected chi connectivity index (χ0v) is 11.3. The molecule has 3 heteroatoms. The summed E-state index contributed by atoms with van der Waals surface area (Å²) in [6.07, 6.45) is 6.24. The molecule has 1 rings (SSSR count). The van der Waals surface area contributed by atoms with E-state index in [4.69, 9.17) is 5.11 Å². The summed E-state index contributed by atoms with van der Waals surface area (Å²) in [4.78, 5) is 13.1. The van der Waals surface area contributed by atoms with Gasteiger partial charge in [-0.05, 0) is 57.0 Å². The number of likely N-dealkylation sites (tertiary alicyclic amines) is 1. The minimum atomic E-state index is -0.651. The SMILES string of the molecule is CC(C)CCCN1CCCC(CCC(=O)O)C1. The molecule has 1 N–H and O–H groups in total. The van der Waals surface area contributed by atoms with Crippen molar-refractivity contribution in [1.82, 2.24) is 4.90 Å². The van der Waals surface area contributed by atoms with Crippen LogP contribution in [0.25, 0.3) is 0 Å². The number of carboxylic acid groups (broad SMARTS) is 1. The van der Waals surface area contributed by atoms with Crippen LogP contribution in [0.2, 0.25) is 0 Å². The molecule has 1 aliphatic rings. The highest BCUT2D eigenvalue weighted by atomic mass is 16.4. The molecule has 0 bridgehead atoms. The lowest BCUT2D eigenvalue weighted by atomic mass is 9.93. The van der Waals surface area contributed by atoms with E-state index in [0.29, 0.717) is 12.3 Å². The van der Waals surface area contributed by atoms with Crippen molar-refractivity contribution in [2.75, 3.05) is 19.6 Å². The molecular weight excluding hydrogens is 214 g/mol. The molecule has 17 heavy (non-hydrogen) atoms. The van der Waals surface area contributed by atoms with Gasteiger partial charge in [0, 0.05) is 13.0 Å². The van der Waals surface area contributed by atoms with Gasteiger partial charge in [-0.1, -0.05) is 13.8 Å². The molecule has 0 saturated carbocycles. The number of hydrogen-bond acceptors (Lipinski definition) is 2. The summed E-state index contributed by atoms with van der Waals surface area (Å²) in [5, 5.41) is 8.70. The zero-order valence-electron chi connectivity index (χ0n) is 11.3. The number of aliphatic carboxylic acids is 1. The van der Waals surface area contributed by atoms with Gasteiger partial charge in [-0.15, -0.1) is 0 Å². The van der Waals surface area contributed by atoms with Crippen LogP contribution in [-0.4, -0.2) is 35.6 Å². The van der Waals surface area contributed by atoms with E-state index in [0.717, 1.165) is 18.9 Å². The van der Waals surface area contributed by atoms with Crippen LogP contribution in [0, 0.1) is 11.8 Å². The first-order valence-electron chi connectivity index (χ1n) is 7.02. The van der Waals surface area contributed by atoms with E-state index in [-0.39, 0.29) is 0 Å². The van der Waals surface area contributed by atoms with Crippen molar-refractivity contribution in [3.05, 3.63) is 0 Å². The molecule has 0 aromatic carbocycles. The van der Waals surface area contributed by atoms with E-state index >= 15 is 0 Å². The van der Waals surface area contributed by atoms with Crippen LogP contribution in [0.4, 0.5) is 0 Å². The Kier molecular flexibility index (Phi) is 6.56. The summed E-state index contributed by atoms with van der Waals surface area (Å²) in [5.74, 6) is 0.753. The quantitative estimate of drug-likeness (QED) is 0.745. The maximum atomic E-state index is 10.6. The molecule has 0 aromatic heterocycles. The van der Waals surface area contributed by atoms with E-state index in [2.05, 4.69) is 18.7 Å². The van der Waals surface area contributed by atoms with Gasteiger partial charge in [-0.25, -0.2) is 0 Å². The van der Waals surface area contributed by atoms with Crippen molar-refractivity contribution >= 4 is 5.97 Å². The molecule has 0 aliphatic carbocycles. The van der Waals surface area contributed by atoms with Gasteiger partial charge in [0.1, 0.15) is 0 Å². The number of piperidine rings is 1. The maximum absolute atomic E-state index is 10.6. The largest absolute Gasteiger partial charge is 0.481 e. The van der Waals surface area contributed by atoms with Gasteiger partial charge in [-0.2, -0.15) is 0 Å². The van der Waals surface area contributed by atoms with Gasteiger partial charge < -0.3 is 10.0 Å². The molecule has 1 saturated heterocycles. The van der Waals surface area contributed by atoms with Gasteiger partial charge >= 0.3 is 5.97 Å². The summed E-state index contributed by atoms with van der Waals surface area (Å²) in [5.41, 5.74) is 0. The molecule has 100 valence electrons. The first-order valence-corrected chi connectivity index (χ1v) is 7.02. The summed E-state index contributed by atoms with van der Waals surface area (Å²) >= 11 is 0. The minimum absolute atomic E-state index is 0.338. The van der Waals surface area contributed by atoms with Gasteiger partial charge in [0.05, 0.1) is 0 Å². The Labute approximate surface area is 105 Å². The van der Waals surface area contributed by atoms with Crippen molar-refractivity contribution in [1.29, 1.82) is 0 Å². The van der Waals surface area contributed by atoms with Crippen LogP contribution in [0.3, 0.4) is 0 Å². The second kappa shape index (κ2) is 7.70.